The van der Waals surface area contributed by atoms with Crippen LogP contribution in [0.1, 0.15) is 39.5 Å². The molecule has 0 radical (unpaired) electrons. The number of rotatable bonds is 2. The van der Waals surface area contributed by atoms with Crippen molar-refractivity contribution in [3.8, 4) is 0 Å². The average molecular weight is 208 g/mol. The van der Waals surface area contributed by atoms with Crippen LogP contribution in [0.5, 0.6) is 0 Å². The molecule has 86 valence electrons. The highest BCUT2D eigenvalue weighted by Crippen LogP contribution is 2.36. The molecule has 2 nitrogen and oxygen atoms in total. The van der Waals surface area contributed by atoms with Gasteiger partial charge >= 0.3 is 0 Å². The first-order valence-corrected chi connectivity index (χ1v) is 6.61. The molecule has 0 aromatic rings. The Bertz CT molecular complexity index is 249. The van der Waals surface area contributed by atoms with E-state index in [9.17, 15) is 0 Å². The summed E-state index contributed by atoms with van der Waals surface area (Å²) in [6.07, 6.45) is 5.71. The first-order chi connectivity index (χ1) is 7.12. The second-order valence-corrected chi connectivity index (χ2v) is 6.69. The van der Waals surface area contributed by atoms with E-state index in [1.807, 2.05) is 0 Å². The van der Waals surface area contributed by atoms with Crippen LogP contribution in [0.4, 0.5) is 0 Å². The Balaban J connectivity index is 1.54. The first-order valence-electron chi connectivity index (χ1n) is 6.61. The molecule has 0 saturated carbocycles. The molecule has 0 spiro atoms. The zero-order valence-corrected chi connectivity index (χ0v) is 10.1. The minimum atomic E-state index is 0.574. The average Bonchev–Trinajstić information content (AvgIpc) is 2.81. The highest BCUT2D eigenvalue weighted by Gasteiger charge is 2.40. The topological polar surface area (TPSA) is 15.3 Å². The Labute approximate surface area is 93.4 Å². The summed E-state index contributed by atoms with van der Waals surface area (Å²) in [5, 5.41) is 3.75. The lowest BCUT2D eigenvalue weighted by atomic mass is 9.88. The van der Waals surface area contributed by atoms with E-state index in [2.05, 4.69) is 24.1 Å². The third kappa shape index (κ3) is 1.94. The molecule has 15 heavy (non-hydrogen) atoms. The van der Waals surface area contributed by atoms with Crippen LogP contribution in [0.25, 0.3) is 0 Å². The summed E-state index contributed by atoms with van der Waals surface area (Å²) in [7, 11) is 0. The summed E-state index contributed by atoms with van der Waals surface area (Å²) in [4.78, 5) is 2.70. The second kappa shape index (κ2) is 3.46. The van der Waals surface area contributed by atoms with Gasteiger partial charge in [0.15, 0.2) is 0 Å². The van der Waals surface area contributed by atoms with Gasteiger partial charge in [0.2, 0.25) is 0 Å². The molecule has 1 N–H and O–H groups in total. The van der Waals surface area contributed by atoms with E-state index in [0.717, 1.165) is 18.0 Å². The normalized spacial score (nSPS) is 44.0. The van der Waals surface area contributed by atoms with Crippen LogP contribution in [-0.4, -0.2) is 36.6 Å². The van der Waals surface area contributed by atoms with E-state index in [1.165, 1.54) is 45.3 Å². The number of nitrogens with one attached hydrogen (secondary N) is 1. The Morgan fingerprint density at radius 3 is 2.73 bits per heavy atom. The number of hydrogen-bond acceptors (Lipinski definition) is 2. The summed E-state index contributed by atoms with van der Waals surface area (Å²) < 4.78 is 0. The minimum absolute atomic E-state index is 0.574. The van der Waals surface area contributed by atoms with Crippen LogP contribution in [0.3, 0.4) is 0 Å². The summed E-state index contributed by atoms with van der Waals surface area (Å²) in [5.74, 6) is 0.956. The Morgan fingerprint density at radius 2 is 2.20 bits per heavy atom. The van der Waals surface area contributed by atoms with Gasteiger partial charge in [-0.05, 0) is 43.6 Å². The van der Waals surface area contributed by atoms with Gasteiger partial charge in [-0.15, -0.1) is 0 Å². The fraction of sp³-hybridized carbons (Fsp3) is 1.00. The van der Waals surface area contributed by atoms with Gasteiger partial charge in [-0.2, -0.15) is 0 Å². The molecule has 3 rings (SSSR count). The molecular weight excluding hydrogens is 184 g/mol. The van der Waals surface area contributed by atoms with Crippen LogP contribution >= 0.6 is 0 Å². The van der Waals surface area contributed by atoms with Crippen molar-refractivity contribution in [1.82, 2.24) is 10.2 Å². The molecule has 3 fully saturated rings. The lowest BCUT2D eigenvalue weighted by Crippen LogP contribution is -2.34. The molecule has 0 aliphatic carbocycles. The Hall–Kier alpha value is -0.0800. The molecule has 0 aromatic carbocycles. The van der Waals surface area contributed by atoms with Crippen molar-refractivity contribution < 1.29 is 0 Å². The van der Waals surface area contributed by atoms with Gasteiger partial charge in [0, 0.05) is 25.2 Å². The molecule has 2 bridgehead atoms. The molecular formula is C13H24N2. The number of likely N-dealkylation sites (tertiary alicyclic amines) is 1. The Morgan fingerprint density at radius 1 is 1.33 bits per heavy atom. The minimum Gasteiger partial charge on any atom is -0.311 e. The van der Waals surface area contributed by atoms with Crippen molar-refractivity contribution >= 4 is 0 Å². The number of fused-ring (bicyclic) bond motifs is 2. The van der Waals surface area contributed by atoms with Crippen molar-refractivity contribution in [3.63, 3.8) is 0 Å². The highest BCUT2D eigenvalue weighted by molar-refractivity contribution is 4.99. The van der Waals surface area contributed by atoms with Gasteiger partial charge in [0.05, 0.1) is 0 Å². The van der Waals surface area contributed by atoms with E-state index in [-0.39, 0.29) is 0 Å². The largest absolute Gasteiger partial charge is 0.311 e. The van der Waals surface area contributed by atoms with Crippen molar-refractivity contribution in [2.24, 2.45) is 11.3 Å². The summed E-state index contributed by atoms with van der Waals surface area (Å²) in [6, 6.07) is 1.73. The molecule has 3 aliphatic heterocycles. The highest BCUT2D eigenvalue weighted by atomic mass is 15.2. The van der Waals surface area contributed by atoms with Gasteiger partial charge in [-0.1, -0.05) is 13.8 Å². The van der Waals surface area contributed by atoms with Gasteiger partial charge in [-0.25, -0.2) is 0 Å². The summed E-state index contributed by atoms with van der Waals surface area (Å²) in [5.41, 5.74) is 0.574. The molecule has 0 amide bonds. The smallest absolute Gasteiger partial charge is 0.0111 e. The predicted molar refractivity (Wildman–Crippen MR) is 62.9 cm³/mol. The van der Waals surface area contributed by atoms with E-state index in [1.54, 1.807) is 0 Å². The van der Waals surface area contributed by atoms with E-state index in [0.29, 0.717) is 5.41 Å². The molecule has 3 saturated heterocycles. The monoisotopic (exact) mass is 208 g/mol. The van der Waals surface area contributed by atoms with Gasteiger partial charge < -0.3 is 10.2 Å². The van der Waals surface area contributed by atoms with Crippen LogP contribution in [0.2, 0.25) is 0 Å². The SMILES string of the molecule is CC1(C)CCN(CC2CC3CCC2N3)C1. The quantitative estimate of drug-likeness (QED) is 0.745. The molecule has 3 heterocycles. The van der Waals surface area contributed by atoms with Gasteiger partial charge in [0.1, 0.15) is 0 Å². The molecule has 3 aliphatic rings. The number of hydrogen-bond donors (Lipinski definition) is 1. The van der Waals surface area contributed by atoms with Gasteiger partial charge in [-0.3, -0.25) is 0 Å². The molecule has 3 atom stereocenters. The third-order valence-electron chi connectivity index (χ3n) is 4.68. The fourth-order valence-corrected chi connectivity index (χ4v) is 3.85. The molecule has 3 unspecified atom stereocenters. The van der Waals surface area contributed by atoms with E-state index in [4.69, 9.17) is 0 Å². The van der Waals surface area contributed by atoms with Crippen molar-refractivity contribution in [3.05, 3.63) is 0 Å². The zero-order chi connectivity index (χ0) is 10.5. The lowest BCUT2D eigenvalue weighted by molar-refractivity contribution is 0.228. The standard InChI is InChI=1S/C13H24N2/c1-13(2)5-6-15(9-13)8-10-7-11-3-4-12(10)14-11/h10-12,14H,3-9H2,1-2H3. The maximum atomic E-state index is 3.75. The van der Waals surface area contributed by atoms with Crippen molar-refractivity contribution in [2.45, 2.75) is 51.6 Å². The lowest BCUT2D eigenvalue weighted by Gasteiger charge is -2.27. The first kappa shape index (κ1) is 10.1. The van der Waals surface area contributed by atoms with Gasteiger partial charge in [0.25, 0.3) is 0 Å². The molecule has 0 aromatic heterocycles. The maximum Gasteiger partial charge on any atom is 0.0111 e. The van der Waals surface area contributed by atoms with Crippen LogP contribution in [0.15, 0.2) is 0 Å². The van der Waals surface area contributed by atoms with Crippen LogP contribution in [-0.2, 0) is 0 Å². The fourth-order valence-electron chi connectivity index (χ4n) is 3.85. The summed E-state index contributed by atoms with van der Waals surface area (Å²) in [6.45, 7) is 8.83. The second-order valence-electron chi connectivity index (χ2n) is 6.69. The maximum absolute atomic E-state index is 3.75. The van der Waals surface area contributed by atoms with E-state index < -0.39 is 0 Å². The predicted octanol–water partition coefficient (Wildman–Crippen LogP) is 1.86. The van der Waals surface area contributed by atoms with Crippen LogP contribution in [0, 0.1) is 11.3 Å². The van der Waals surface area contributed by atoms with E-state index >= 15 is 0 Å². The Kier molecular flexibility index (Phi) is 2.33. The third-order valence-corrected chi connectivity index (χ3v) is 4.68. The zero-order valence-electron chi connectivity index (χ0n) is 10.1. The van der Waals surface area contributed by atoms with Crippen LogP contribution < -0.4 is 5.32 Å². The van der Waals surface area contributed by atoms with Crippen molar-refractivity contribution in [1.29, 1.82) is 0 Å². The summed E-state index contributed by atoms with van der Waals surface area (Å²) >= 11 is 0. The van der Waals surface area contributed by atoms with Crippen molar-refractivity contribution in [2.75, 3.05) is 19.6 Å². The number of nitrogens with zero attached hydrogens (tertiary/aromatic N) is 1. The molecule has 2 heteroatoms.